The summed E-state index contributed by atoms with van der Waals surface area (Å²) in [7, 11) is 0. The predicted octanol–water partition coefficient (Wildman–Crippen LogP) is 6.11. The summed E-state index contributed by atoms with van der Waals surface area (Å²) in [5.74, 6) is 0.726. The second-order valence-electron chi connectivity index (χ2n) is 6.08. The summed E-state index contributed by atoms with van der Waals surface area (Å²) in [6.45, 7) is 2.60. The van der Waals surface area contributed by atoms with Crippen molar-refractivity contribution in [2.45, 2.75) is 13.5 Å². The Morgan fingerprint density at radius 1 is 1.21 bits per heavy atom. The van der Waals surface area contributed by atoms with Gasteiger partial charge in [-0.3, -0.25) is 9.48 Å². The van der Waals surface area contributed by atoms with E-state index >= 15 is 0 Å². The Hall–Kier alpha value is -1.73. The number of amides is 1. The molecule has 142 valence electrons. The van der Waals surface area contributed by atoms with Crippen LogP contribution in [0.15, 0.2) is 52.5 Å². The van der Waals surface area contributed by atoms with Gasteiger partial charge in [0.05, 0.1) is 23.2 Å². The summed E-state index contributed by atoms with van der Waals surface area (Å²) in [6, 6.07) is 11.5. The third kappa shape index (κ3) is 4.15. The number of hydrogen-bond acceptors (Lipinski definition) is 4. The van der Waals surface area contributed by atoms with Crippen LogP contribution in [0.3, 0.4) is 0 Å². The Morgan fingerprint density at radius 2 is 2.07 bits per heavy atom. The van der Waals surface area contributed by atoms with Crippen molar-refractivity contribution >= 4 is 74.0 Å². The summed E-state index contributed by atoms with van der Waals surface area (Å²) < 4.78 is 2.71. The molecular formula is C20H15Cl2N3OS2. The fourth-order valence-electron chi connectivity index (χ4n) is 2.86. The van der Waals surface area contributed by atoms with Gasteiger partial charge in [0.15, 0.2) is 0 Å². The molecule has 28 heavy (non-hydrogen) atoms. The van der Waals surface area contributed by atoms with Crippen LogP contribution in [0.5, 0.6) is 0 Å². The van der Waals surface area contributed by atoms with Gasteiger partial charge in [-0.1, -0.05) is 65.8 Å². The molecule has 0 N–H and O–H groups in total. The van der Waals surface area contributed by atoms with Crippen LogP contribution in [-0.4, -0.2) is 25.8 Å². The average Bonchev–Trinajstić information content (AvgIpc) is 3.21. The van der Waals surface area contributed by atoms with Crippen LogP contribution in [0.2, 0.25) is 10.0 Å². The van der Waals surface area contributed by atoms with Crippen molar-refractivity contribution < 1.29 is 4.79 Å². The summed E-state index contributed by atoms with van der Waals surface area (Å²) in [4.78, 5) is 16.8. The van der Waals surface area contributed by atoms with Gasteiger partial charge in [0, 0.05) is 15.4 Å². The van der Waals surface area contributed by atoms with E-state index in [1.54, 1.807) is 17.8 Å². The molecule has 8 heteroatoms. The third-order valence-electron chi connectivity index (χ3n) is 4.17. The van der Waals surface area contributed by atoms with Crippen LogP contribution in [0.4, 0.5) is 0 Å². The number of thioether (sulfide) groups is 2. The molecule has 1 aromatic heterocycles. The van der Waals surface area contributed by atoms with Gasteiger partial charge in [-0.15, -0.1) is 0 Å². The lowest BCUT2D eigenvalue weighted by Crippen LogP contribution is -2.01. The van der Waals surface area contributed by atoms with Crippen molar-refractivity contribution in [1.82, 2.24) is 9.78 Å². The molecule has 1 aliphatic heterocycles. The van der Waals surface area contributed by atoms with Crippen LogP contribution in [0.25, 0.3) is 17.0 Å². The number of fused-ring (bicyclic) bond motifs is 1. The Labute approximate surface area is 181 Å². The molecule has 0 spiro atoms. The zero-order valence-corrected chi connectivity index (χ0v) is 18.0. The highest BCUT2D eigenvalue weighted by Gasteiger charge is 2.21. The molecule has 2 aromatic carbocycles. The van der Waals surface area contributed by atoms with E-state index in [9.17, 15) is 4.79 Å². The van der Waals surface area contributed by atoms with Crippen LogP contribution < -0.4 is 0 Å². The SMILES string of the molecule is CCSC1=NC(=O)/C(=C/c2ccc3c(cnn3Cc3ccc(Cl)cc3Cl)c2)S1. The number of hydrogen-bond donors (Lipinski definition) is 0. The zero-order chi connectivity index (χ0) is 19.7. The van der Waals surface area contributed by atoms with Gasteiger partial charge in [-0.25, -0.2) is 0 Å². The summed E-state index contributed by atoms with van der Waals surface area (Å²) in [5, 5.41) is 6.72. The lowest BCUT2D eigenvalue weighted by molar-refractivity contribution is -0.113. The van der Waals surface area contributed by atoms with Crippen molar-refractivity contribution in [3.63, 3.8) is 0 Å². The summed E-state index contributed by atoms with van der Waals surface area (Å²) in [6.07, 6.45) is 3.70. The molecule has 0 bridgehead atoms. The molecule has 1 aliphatic rings. The highest BCUT2D eigenvalue weighted by Crippen LogP contribution is 2.34. The number of rotatable bonds is 4. The van der Waals surface area contributed by atoms with Crippen LogP contribution in [0.1, 0.15) is 18.1 Å². The van der Waals surface area contributed by atoms with Gasteiger partial charge in [-0.05, 0) is 47.2 Å². The van der Waals surface area contributed by atoms with Crippen LogP contribution in [0, 0.1) is 0 Å². The average molecular weight is 448 g/mol. The molecule has 4 nitrogen and oxygen atoms in total. The van der Waals surface area contributed by atoms with E-state index in [2.05, 4.69) is 10.1 Å². The largest absolute Gasteiger partial charge is 0.285 e. The predicted molar refractivity (Wildman–Crippen MR) is 121 cm³/mol. The first-order chi connectivity index (χ1) is 13.5. The minimum Gasteiger partial charge on any atom is -0.266 e. The first kappa shape index (κ1) is 19.6. The molecular weight excluding hydrogens is 433 g/mol. The van der Waals surface area contributed by atoms with E-state index in [-0.39, 0.29) is 5.91 Å². The van der Waals surface area contributed by atoms with E-state index in [0.29, 0.717) is 21.5 Å². The van der Waals surface area contributed by atoms with Gasteiger partial charge >= 0.3 is 0 Å². The molecule has 2 heterocycles. The number of benzene rings is 2. The van der Waals surface area contributed by atoms with E-state index in [1.807, 2.05) is 54.2 Å². The number of nitrogens with zero attached hydrogens (tertiary/aromatic N) is 3. The standard InChI is InChI=1S/C20H15Cl2N3OS2/c1-2-27-20-24-19(26)18(28-20)8-12-3-6-17-14(7-12)10-23-25(17)11-13-4-5-15(21)9-16(13)22/h3-10H,2,11H2,1H3/b18-8-. The smallest absolute Gasteiger partial charge is 0.266 e. The van der Waals surface area contributed by atoms with E-state index in [0.717, 1.165) is 32.2 Å². The first-order valence-electron chi connectivity index (χ1n) is 8.58. The summed E-state index contributed by atoms with van der Waals surface area (Å²) >= 11 is 15.3. The molecule has 3 aromatic rings. The Kier molecular flexibility index (Phi) is 5.83. The number of carbonyl (C=O) groups excluding carboxylic acids is 1. The van der Waals surface area contributed by atoms with Crippen molar-refractivity contribution in [2.24, 2.45) is 4.99 Å². The fraction of sp³-hybridized carbons (Fsp3) is 0.150. The Bertz CT molecular complexity index is 1140. The van der Waals surface area contributed by atoms with Gasteiger partial charge in [0.2, 0.25) is 0 Å². The maximum Gasteiger partial charge on any atom is 0.285 e. The molecule has 0 fully saturated rings. The van der Waals surface area contributed by atoms with Gasteiger partial charge < -0.3 is 0 Å². The van der Waals surface area contributed by atoms with Gasteiger partial charge in [-0.2, -0.15) is 10.1 Å². The van der Waals surface area contributed by atoms with Crippen LogP contribution >= 0.6 is 46.7 Å². The Balaban J connectivity index is 1.58. The van der Waals surface area contributed by atoms with Gasteiger partial charge in [0.1, 0.15) is 4.38 Å². The maximum absolute atomic E-state index is 12.1. The van der Waals surface area contributed by atoms with E-state index in [1.165, 1.54) is 11.8 Å². The number of aromatic nitrogens is 2. The molecule has 1 amide bonds. The lowest BCUT2D eigenvalue weighted by Gasteiger charge is -2.07. The molecule has 0 aliphatic carbocycles. The second kappa shape index (κ2) is 8.33. The maximum atomic E-state index is 12.1. The van der Waals surface area contributed by atoms with Crippen molar-refractivity contribution in [3.05, 3.63) is 68.7 Å². The monoisotopic (exact) mass is 447 g/mol. The van der Waals surface area contributed by atoms with Crippen molar-refractivity contribution in [3.8, 4) is 0 Å². The zero-order valence-electron chi connectivity index (χ0n) is 14.9. The van der Waals surface area contributed by atoms with Crippen molar-refractivity contribution in [1.29, 1.82) is 0 Å². The summed E-state index contributed by atoms with van der Waals surface area (Å²) in [5.41, 5.74) is 2.90. The molecule has 0 unspecified atom stereocenters. The number of aliphatic imine (C=N–C) groups is 1. The highest BCUT2D eigenvalue weighted by molar-refractivity contribution is 8.41. The quantitative estimate of drug-likeness (QED) is 0.452. The Morgan fingerprint density at radius 3 is 2.86 bits per heavy atom. The van der Waals surface area contributed by atoms with Gasteiger partial charge in [0.25, 0.3) is 5.91 Å². The molecule has 0 radical (unpaired) electrons. The first-order valence-corrected chi connectivity index (χ1v) is 11.1. The molecule has 0 saturated carbocycles. The minimum atomic E-state index is -0.172. The number of carbonyl (C=O) groups is 1. The van der Waals surface area contributed by atoms with Crippen LogP contribution in [-0.2, 0) is 11.3 Å². The lowest BCUT2D eigenvalue weighted by atomic mass is 10.1. The van der Waals surface area contributed by atoms with E-state index < -0.39 is 0 Å². The van der Waals surface area contributed by atoms with E-state index in [4.69, 9.17) is 23.2 Å². The highest BCUT2D eigenvalue weighted by atomic mass is 35.5. The fourth-order valence-corrected chi connectivity index (χ4v) is 5.22. The van der Waals surface area contributed by atoms with Crippen molar-refractivity contribution in [2.75, 3.05) is 5.75 Å². The number of halogens is 2. The third-order valence-corrected chi connectivity index (χ3v) is 6.76. The molecule has 0 saturated heterocycles. The topological polar surface area (TPSA) is 47.2 Å². The molecule has 0 atom stereocenters. The molecule has 4 rings (SSSR count). The normalized spacial score (nSPS) is 15.6. The second-order valence-corrected chi connectivity index (χ2v) is 9.47. The minimum absolute atomic E-state index is 0.172.